The Balaban J connectivity index is 2.00. The summed E-state index contributed by atoms with van der Waals surface area (Å²) in [5.41, 5.74) is 8.15. The lowest BCUT2D eigenvalue weighted by atomic mass is 9.92. The molecule has 0 amide bonds. The molecule has 3 nitrogen and oxygen atoms in total. The molecule has 122 valence electrons. The van der Waals surface area contributed by atoms with Crippen molar-refractivity contribution in [3.63, 3.8) is 0 Å². The molecule has 1 aliphatic heterocycles. The van der Waals surface area contributed by atoms with E-state index in [-0.39, 0.29) is 0 Å². The molecule has 0 fully saturated rings. The monoisotopic (exact) mass is 363 g/mol. The molecule has 0 aromatic heterocycles. The van der Waals surface area contributed by atoms with E-state index in [0.717, 1.165) is 32.7 Å². The maximum Gasteiger partial charge on any atom is 0.319 e. The van der Waals surface area contributed by atoms with E-state index < -0.39 is 7.07 Å². The van der Waals surface area contributed by atoms with Gasteiger partial charge in [-0.2, -0.15) is 5.50 Å². The van der Waals surface area contributed by atoms with Crippen LogP contribution >= 0.6 is 7.07 Å². The van der Waals surface area contributed by atoms with Gasteiger partial charge in [-0.3, -0.25) is 0 Å². The highest BCUT2D eigenvalue weighted by Crippen LogP contribution is 2.59. The fourth-order valence-corrected chi connectivity index (χ4v) is 4.84. The highest BCUT2D eigenvalue weighted by atomic mass is 32.7. The number of hydrogen-bond acceptors (Lipinski definition) is 4. The molecule has 5 heteroatoms. The molecule has 4 aromatic rings. The fourth-order valence-electron chi connectivity index (χ4n) is 3.46. The Kier molecular flexibility index (Phi) is 3.23. The van der Waals surface area contributed by atoms with Crippen LogP contribution in [0.15, 0.2) is 72.8 Å². The fraction of sp³-hybridized carbons (Fsp3) is 0. The third-order valence-corrected chi connectivity index (χ3v) is 5.83. The molecule has 25 heavy (non-hydrogen) atoms. The van der Waals surface area contributed by atoms with E-state index in [0.29, 0.717) is 11.5 Å². The van der Waals surface area contributed by atoms with Gasteiger partial charge in [-0.25, -0.2) is 0 Å². The topological polar surface area (TPSA) is 44.5 Å². The number of nitrogens with two attached hydrogens (primary N) is 1. The van der Waals surface area contributed by atoms with Crippen LogP contribution < -0.4 is 14.6 Å². The van der Waals surface area contributed by atoms with Crippen LogP contribution in [0.4, 0.5) is 0 Å². The van der Waals surface area contributed by atoms with E-state index in [1.165, 1.54) is 0 Å². The second kappa shape index (κ2) is 5.37. The van der Waals surface area contributed by atoms with E-state index in [4.69, 9.17) is 26.8 Å². The van der Waals surface area contributed by atoms with Gasteiger partial charge >= 0.3 is 7.07 Å². The lowest BCUT2D eigenvalue weighted by Crippen LogP contribution is -2.13. The molecule has 5 rings (SSSR count). The number of fused-ring (bicyclic) bond motifs is 7. The van der Waals surface area contributed by atoms with E-state index >= 15 is 0 Å². The molecular formula is C20H14NO2PS. The zero-order valence-corrected chi connectivity index (χ0v) is 14.9. The van der Waals surface area contributed by atoms with Crippen LogP contribution in [-0.2, 0) is 12.2 Å². The molecule has 2 N–H and O–H groups in total. The molecule has 0 spiro atoms. The van der Waals surface area contributed by atoms with E-state index in [1.807, 2.05) is 48.5 Å². The Morgan fingerprint density at radius 2 is 1.08 bits per heavy atom. The molecule has 0 atom stereocenters. The van der Waals surface area contributed by atoms with Crippen LogP contribution in [0, 0.1) is 0 Å². The van der Waals surface area contributed by atoms with Crippen molar-refractivity contribution in [1.82, 2.24) is 0 Å². The third-order valence-electron chi connectivity index (χ3n) is 4.48. The standard InChI is InChI=1S/C20H14NO2PS/c21-24(25)22-17-11-9-13-5-1-3-7-15(13)19(17)20-16-8-4-2-6-14(16)10-12-18(20)23-24/h1-12H,(H2,21,25). The van der Waals surface area contributed by atoms with E-state index in [2.05, 4.69) is 24.3 Å². The number of hydrogen-bond donors (Lipinski definition) is 1. The summed E-state index contributed by atoms with van der Waals surface area (Å²) in [6.07, 6.45) is 0. The number of benzene rings is 4. The van der Waals surface area contributed by atoms with Crippen LogP contribution in [0.1, 0.15) is 0 Å². The Bertz CT molecular complexity index is 1050. The lowest BCUT2D eigenvalue weighted by molar-refractivity contribution is 0.494. The van der Waals surface area contributed by atoms with Crippen LogP contribution in [0.5, 0.6) is 11.5 Å². The van der Waals surface area contributed by atoms with Gasteiger partial charge < -0.3 is 21.3 Å². The summed E-state index contributed by atoms with van der Waals surface area (Å²) in [5, 5.41) is 4.46. The summed E-state index contributed by atoms with van der Waals surface area (Å²) in [7, 11) is -2.92. The van der Waals surface area contributed by atoms with Gasteiger partial charge in [0.15, 0.2) is 11.5 Å². The van der Waals surface area contributed by atoms with Gasteiger partial charge in [0.25, 0.3) is 0 Å². The molecule has 0 saturated heterocycles. The second-order valence-corrected chi connectivity index (χ2v) is 9.01. The highest BCUT2D eigenvalue weighted by molar-refractivity contribution is 8.37. The normalized spacial score (nSPS) is 15.0. The van der Waals surface area contributed by atoms with Gasteiger partial charge in [0.1, 0.15) is 0 Å². The quantitative estimate of drug-likeness (QED) is 0.326. The molecule has 0 bridgehead atoms. The highest BCUT2D eigenvalue weighted by Gasteiger charge is 2.34. The predicted molar refractivity (Wildman–Crippen MR) is 107 cm³/mol. The van der Waals surface area contributed by atoms with Crippen molar-refractivity contribution in [2.45, 2.75) is 0 Å². The minimum Gasteiger partial charge on any atom is -0.452 e. The van der Waals surface area contributed by atoms with Gasteiger partial charge in [0.05, 0.1) is 0 Å². The van der Waals surface area contributed by atoms with Gasteiger partial charge in [-0.05, 0) is 33.7 Å². The van der Waals surface area contributed by atoms with Crippen LogP contribution in [0.25, 0.3) is 32.7 Å². The maximum atomic E-state index is 6.18. The van der Waals surface area contributed by atoms with E-state index in [1.54, 1.807) is 0 Å². The van der Waals surface area contributed by atoms with Crippen LogP contribution in [0.2, 0.25) is 0 Å². The van der Waals surface area contributed by atoms with E-state index in [9.17, 15) is 0 Å². The zero-order valence-electron chi connectivity index (χ0n) is 13.2. The smallest absolute Gasteiger partial charge is 0.319 e. The van der Waals surface area contributed by atoms with Crippen LogP contribution in [0.3, 0.4) is 0 Å². The Labute approximate surface area is 151 Å². The summed E-state index contributed by atoms with van der Waals surface area (Å²) in [6.45, 7) is 0. The van der Waals surface area contributed by atoms with Crippen molar-refractivity contribution in [1.29, 1.82) is 0 Å². The van der Waals surface area contributed by atoms with Gasteiger partial charge in [0, 0.05) is 11.1 Å². The lowest BCUT2D eigenvalue weighted by Gasteiger charge is -2.22. The molecule has 1 heterocycles. The third kappa shape index (κ3) is 2.37. The van der Waals surface area contributed by atoms with Gasteiger partial charge in [-0.15, -0.1) is 0 Å². The molecule has 0 saturated carbocycles. The van der Waals surface area contributed by atoms with Crippen molar-refractivity contribution in [3.05, 3.63) is 72.8 Å². The van der Waals surface area contributed by atoms with Crippen LogP contribution in [-0.4, -0.2) is 0 Å². The van der Waals surface area contributed by atoms with Crippen molar-refractivity contribution < 1.29 is 9.05 Å². The van der Waals surface area contributed by atoms with Crippen molar-refractivity contribution in [2.24, 2.45) is 5.50 Å². The second-order valence-electron chi connectivity index (χ2n) is 6.04. The van der Waals surface area contributed by atoms with Gasteiger partial charge in [-0.1, -0.05) is 60.7 Å². The molecule has 0 aliphatic carbocycles. The Hall–Kier alpha value is -2.26. The molecule has 0 unspecified atom stereocenters. The summed E-state index contributed by atoms with van der Waals surface area (Å²) in [4.78, 5) is 0. The first-order valence-corrected chi connectivity index (χ1v) is 10.6. The van der Waals surface area contributed by atoms with Crippen molar-refractivity contribution >= 4 is 40.9 Å². The SMILES string of the molecule is N[P+]1([S-])Oc2ccc3ccccc3c2-c2c(ccc3ccccc23)O1. The largest absolute Gasteiger partial charge is 0.452 e. The summed E-state index contributed by atoms with van der Waals surface area (Å²) >= 11 is 5.42. The molecule has 1 aliphatic rings. The minimum absolute atomic E-state index is 0.680. The van der Waals surface area contributed by atoms with Gasteiger partial charge in [0.2, 0.25) is 0 Å². The molecule has 4 aromatic carbocycles. The number of rotatable bonds is 0. The average Bonchev–Trinajstić information content (AvgIpc) is 2.73. The molecule has 0 radical (unpaired) electrons. The zero-order chi connectivity index (χ0) is 17.0. The molecular weight excluding hydrogens is 349 g/mol. The average molecular weight is 363 g/mol. The Morgan fingerprint density at radius 3 is 1.56 bits per heavy atom. The minimum atomic E-state index is -2.92. The maximum absolute atomic E-state index is 6.18. The first kappa shape index (κ1) is 15.0. The first-order valence-electron chi connectivity index (χ1n) is 7.94. The van der Waals surface area contributed by atoms with Crippen molar-refractivity contribution in [2.75, 3.05) is 0 Å². The summed E-state index contributed by atoms with van der Waals surface area (Å²) in [6, 6.07) is 24.4. The summed E-state index contributed by atoms with van der Waals surface area (Å²) in [5.74, 6) is 1.36. The first-order chi connectivity index (χ1) is 12.1. The summed E-state index contributed by atoms with van der Waals surface area (Å²) < 4.78 is 11.9. The predicted octanol–water partition coefficient (Wildman–Crippen LogP) is 5.61. The Morgan fingerprint density at radius 1 is 0.640 bits per heavy atom. The van der Waals surface area contributed by atoms with Crippen molar-refractivity contribution in [3.8, 4) is 22.6 Å².